The number of hydrogen-bond acceptors (Lipinski definition) is 5. The van der Waals surface area contributed by atoms with Gasteiger partial charge in [0.25, 0.3) is 5.78 Å². The van der Waals surface area contributed by atoms with E-state index in [4.69, 9.17) is 0 Å². The summed E-state index contributed by atoms with van der Waals surface area (Å²) in [4.78, 5) is 26.1. The van der Waals surface area contributed by atoms with Crippen molar-refractivity contribution >= 4 is 17.5 Å². The van der Waals surface area contributed by atoms with Crippen molar-refractivity contribution in [1.29, 1.82) is 0 Å². The molecule has 0 saturated carbocycles. The van der Waals surface area contributed by atoms with Crippen LogP contribution >= 0.6 is 0 Å². The molecule has 1 aromatic heterocycles. The third-order valence-corrected chi connectivity index (χ3v) is 2.04. The standard InChI is InChI=1S/C12H13NO4.Li/c1-3-17-12(16)11(15)6-10(14)9-7-13-5-4-8(9)2;/h4-7,14H,3H2,1-2H3;/q;+1/p-1. The molecule has 0 atom stereocenters. The minimum absolute atomic E-state index is 0. The molecule has 0 saturated heterocycles. The number of nitrogens with zero attached hydrogens (tertiary/aromatic N) is 1. The average Bonchev–Trinajstić information content (AvgIpc) is 2.29. The Balaban J connectivity index is 0.00000289. The van der Waals surface area contributed by atoms with E-state index < -0.39 is 17.5 Å². The molecular weight excluding hydrogens is 229 g/mol. The summed E-state index contributed by atoms with van der Waals surface area (Å²) in [6.07, 6.45) is 3.62. The van der Waals surface area contributed by atoms with Gasteiger partial charge in [0, 0.05) is 12.4 Å². The van der Waals surface area contributed by atoms with Gasteiger partial charge in [-0.2, -0.15) is 0 Å². The molecule has 6 heteroatoms. The molecule has 0 fully saturated rings. The van der Waals surface area contributed by atoms with E-state index in [0.717, 1.165) is 6.08 Å². The molecule has 0 radical (unpaired) electrons. The quantitative estimate of drug-likeness (QED) is 0.187. The molecule has 0 aliphatic rings. The van der Waals surface area contributed by atoms with Crippen molar-refractivity contribution in [3.05, 3.63) is 35.7 Å². The van der Waals surface area contributed by atoms with E-state index in [1.807, 2.05) is 0 Å². The minimum Gasteiger partial charge on any atom is -0.872 e. The van der Waals surface area contributed by atoms with Gasteiger partial charge < -0.3 is 9.84 Å². The first-order valence-electron chi connectivity index (χ1n) is 5.07. The topological polar surface area (TPSA) is 79.3 Å². The van der Waals surface area contributed by atoms with E-state index in [2.05, 4.69) is 9.72 Å². The predicted octanol–water partition coefficient (Wildman–Crippen LogP) is -2.77. The van der Waals surface area contributed by atoms with Crippen molar-refractivity contribution in [1.82, 2.24) is 4.98 Å². The maximum Gasteiger partial charge on any atom is 1.00 e. The Morgan fingerprint density at radius 2 is 2.17 bits per heavy atom. The summed E-state index contributed by atoms with van der Waals surface area (Å²) in [6.45, 7) is 3.40. The number of rotatable bonds is 4. The van der Waals surface area contributed by atoms with Gasteiger partial charge in [-0.3, -0.25) is 9.78 Å². The Hall–Kier alpha value is -1.57. The van der Waals surface area contributed by atoms with Crippen LogP contribution in [0.15, 0.2) is 24.5 Å². The molecular formula is C12H12LiNO4. The monoisotopic (exact) mass is 241 g/mol. The maximum atomic E-state index is 11.7. The number of aromatic nitrogens is 1. The summed E-state index contributed by atoms with van der Waals surface area (Å²) in [6, 6.07) is 1.65. The number of aryl methyl sites for hydroxylation is 1. The van der Waals surface area contributed by atoms with Crippen LogP contribution in [0.2, 0.25) is 0 Å². The Morgan fingerprint density at radius 3 is 2.72 bits per heavy atom. The summed E-state index contributed by atoms with van der Waals surface area (Å²) in [5.74, 6) is -2.53. The molecule has 0 unspecified atom stereocenters. The zero-order valence-electron chi connectivity index (χ0n) is 10.6. The normalized spacial score (nSPS) is 10.4. The first-order valence-corrected chi connectivity index (χ1v) is 5.07. The van der Waals surface area contributed by atoms with Crippen LogP contribution in [0, 0.1) is 6.92 Å². The fourth-order valence-electron chi connectivity index (χ4n) is 1.18. The first-order chi connectivity index (χ1) is 8.06. The molecule has 1 rings (SSSR count). The molecule has 90 valence electrons. The SMILES string of the molecule is CCOC(=O)C(=O)C=C([O-])c1cnccc1C.[Li+]. The Morgan fingerprint density at radius 1 is 1.50 bits per heavy atom. The van der Waals surface area contributed by atoms with Gasteiger partial charge in [-0.05, 0) is 37.1 Å². The van der Waals surface area contributed by atoms with Crippen LogP contribution in [-0.4, -0.2) is 23.3 Å². The number of ketones is 1. The number of ether oxygens (including phenoxy) is 1. The largest absolute Gasteiger partial charge is 1.00 e. The number of carbonyl (C=O) groups is 2. The van der Waals surface area contributed by atoms with Crippen molar-refractivity contribution in [2.24, 2.45) is 0 Å². The van der Waals surface area contributed by atoms with Gasteiger partial charge in [-0.1, -0.05) is 5.76 Å². The number of esters is 1. The zero-order chi connectivity index (χ0) is 12.8. The first kappa shape index (κ1) is 16.4. The average molecular weight is 241 g/mol. The van der Waals surface area contributed by atoms with E-state index in [0.29, 0.717) is 11.1 Å². The van der Waals surface area contributed by atoms with Crippen LogP contribution in [0.5, 0.6) is 0 Å². The fourth-order valence-corrected chi connectivity index (χ4v) is 1.18. The van der Waals surface area contributed by atoms with E-state index in [9.17, 15) is 14.7 Å². The van der Waals surface area contributed by atoms with Crippen LogP contribution in [-0.2, 0) is 14.3 Å². The Kier molecular flexibility index (Phi) is 7.02. The summed E-state index contributed by atoms with van der Waals surface area (Å²) in [5.41, 5.74) is 0.989. The molecule has 1 heterocycles. The molecule has 0 spiro atoms. The van der Waals surface area contributed by atoms with Crippen LogP contribution in [0.3, 0.4) is 0 Å². The number of pyridine rings is 1. The van der Waals surface area contributed by atoms with Crippen molar-refractivity contribution in [3.8, 4) is 0 Å². The van der Waals surface area contributed by atoms with E-state index in [-0.39, 0.29) is 25.5 Å². The van der Waals surface area contributed by atoms with Crippen LogP contribution in [0.1, 0.15) is 18.1 Å². The van der Waals surface area contributed by atoms with Crippen molar-refractivity contribution in [2.75, 3.05) is 6.61 Å². The molecule has 0 aliphatic carbocycles. The summed E-state index contributed by atoms with van der Waals surface area (Å²) < 4.78 is 4.48. The third-order valence-electron chi connectivity index (χ3n) is 2.04. The molecule has 0 bridgehead atoms. The van der Waals surface area contributed by atoms with Gasteiger partial charge in [0.2, 0.25) is 0 Å². The Labute approximate surface area is 117 Å². The summed E-state index contributed by atoms with van der Waals surface area (Å²) in [7, 11) is 0. The maximum absolute atomic E-state index is 11.7. The van der Waals surface area contributed by atoms with Gasteiger partial charge in [-0.15, -0.1) is 0 Å². The number of hydrogen-bond donors (Lipinski definition) is 0. The van der Waals surface area contributed by atoms with Crippen LogP contribution < -0.4 is 24.0 Å². The van der Waals surface area contributed by atoms with E-state index in [1.54, 1.807) is 26.1 Å². The second-order valence-corrected chi connectivity index (χ2v) is 3.28. The van der Waals surface area contributed by atoms with Crippen molar-refractivity contribution in [2.45, 2.75) is 13.8 Å². The zero-order valence-corrected chi connectivity index (χ0v) is 10.6. The van der Waals surface area contributed by atoms with Gasteiger partial charge in [0.05, 0.1) is 6.61 Å². The third kappa shape index (κ3) is 4.36. The van der Waals surface area contributed by atoms with Gasteiger partial charge >= 0.3 is 24.8 Å². The molecule has 0 N–H and O–H groups in total. The van der Waals surface area contributed by atoms with Crippen molar-refractivity contribution < 1.29 is 38.3 Å². The van der Waals surface area contributed by atoms with Crippen LogP contribution in [0.25, 0.3) is 5.76 Å². The summed E-state index contributed by atoms with van der Waals surface area (Å²) in [5, 5.41) is 11.7. The van der Waals surface area contributed by atoms with Gasteiger partial charge in [-0.25, -0.2) is 4.79 Å². The van der Waals surface area contributed by atoms with Gasteiger partial charge in [0.1, 0.15) is 0 Å². The van der Waals surface area contributed by atoms with Crippen molar-refractivity contribution in [3.63, 3.8) is 0 Å². The smallest absolute Gasteiger partial charge is 0.872 e. The molecule has 0 aromatic carbocycles. The van der Waals surface area contributed by atoms with Gasteiger partial charge in [0.15, 0.2) is 0 Å². The number of carbonyl (C=O) groups excluding carboxylic acids is 2. The molecule has 5 nitrogen and oxygen atoms in total. The van der Waals surface area contributed by atoms with E-state index >= 15 is 0 Å². The second kappa shape index (κ2) is 7.70. The summed E-state index contributed by atoms with van der Waals surface area (Å²) >= 11 is 0. The molecule has 0 amide bonds. The minimum atomic E-state index is -1.03. The predicted molar refractivity (Wildman–Crippen MR) is 58.6 cm³/mol. The fraction of sp³-hybridized carbons (Fsp3) is 0.250. The molecule has 18 heavy (non-hydrogen) atoms. The molecule has 1 aromatic rings. The van der Waals surface area contributed by atoms with E-state index in [1.165, 1.54) is 6.20 Å². The second-order valence-electron chi connectivity index (χ2n) is 3.28. The van der Waals surface area contributed by atoms with Crippen LogP contribution in [0.4, 0.5) is 0 Å². The molecule has 0 aliphatic heterocycles. The Bertz CT molecular complexity index is 471.